The first kappa shape index (κ1) is 15.5. The van der Waals surface area contributed by atoms with Gasteiger partial charge in [-0.25, -0.2) is 0 Å². The van der Waals surface area contributed by atoms with Gasteiger partial charge < -0.3 is 15.3 Å². The molecule has 0 fully saturated rings. The van der Waals surface area contributed by atoms with E-state index >= 15 is 0 Å². The summed E-state index contributed by atoms with van der Waals surface area (Å²) in [5.74, 6) is -0.926. The summed E-state index contributed by atoms with van der Waals surface area (Å²) in [7, 11) is 0. The van der Waals surface area contributed by atoms with Gasteiger partial charge in [-0.1, -0.05) is 19.1 Å². The molecule has 0 spiro atoms. The number of amides is 2. The number of rotatable bonds is 4. The first-order valence-corrected chi connectivity index (χ1v) is 7.33. The lowest BCUT2D eigenvalue weighted by molar-refractivity contribution is -0.137. The molecule has 0 saturated heterocycles. The molecule has 1 aromatic carbocycles. The average Bonchev–Trinajstić information content (AvgIpc) is 2.89. The van der Waals surface area contributed by atoms with Gasteiger partial charge in [0.25, 0.3) is 0 Å². The van der Waals surface area contributed by atoms with Gasteiger partial charge in [0.05, 0.1) is 0 Å². The van der Waals surface area contributed by atoms with E-state index in [0.29, 0.717) is 19.5 Å². The molecule has 5 heteroatoms. The zero-order valence-corrected chi connectivity index (χ0v) is 12.6. The van der Waals surface area contributed by atoms with Gasteiger partial charge in [-0.15, -0.1) is 0 Å². The molecule has 2 amide bonds. The second kappa shape index (κ2) is 6.72. The van der Waals surface area contributed by atoms with E-state index in [9.17, 15) is 9.59 Å². The third-order valence-electron chi connectivity index (χ3n) is 3.93. The Morgan fingerprint density at radius 2 is 2.19 bits per heavy atom. The third kappa shape index (κ3) is 3.42. The summed E-state index contributed by atoms with van der Waals surface area (Å²) >= 11 is 0. The number of aliphatic hydroxyl groups is 1. The minimum absolute atomic E-state index is 0.0871. The number of fused-ring (bicyclic) bond motifs is 1. The zero-order chi connectivity index (χ0) is 15.4. The Bertz CT molecular complexity index is 542. The molecule has 1 atom stereocenters. The molecule has 1 unspecified atom stereocenters. The van der Waals surface area contributed by atoms with Crippen molar-refractivity contribution in [3.8, 4) is 0 Å². The Labute approximate surface area is 125 Å². The molecule has 0 bridgehead atoms. The molecule has 1 aliphatic heterocycles. The van der Waals surface area contributed by atoms with Crippen LogP contribution in [0.3, 0.4) is 0 Å². The number of nitrogens with one attached hydrogen (secondary N) is 1. The highest BCUT2D eigenvalue weighted by Crippen LogP contribution is 2.30. The summed E-state index contributed by atoms with van der Waals surface area (Å²) < 4.78 is 0. The van der Waals surface area contributed by atoms with E-state index in [4.69, 9.17) is 5.11 Å². The van der Waals surface area contributed by atoms with E-state index in [1.54, 1.807) is 4.90 Å². The number of carbonyl (C=O) groups excluding carboxylic acids is 2. The van der Waals surface area contributed by atoms with Crippen molar-refractivity contribution in [2.75, 3.05) is 24.6 Å². The topological polar surface area (TPSA) is 69.6 Å². The van der Waals surface area contributed by atoms with Gasteiger partial charge >= 0.3 is 11.8 Å². The van der Waals surface area contributed by atoms with Gasteiger partial charge in [-0.3, -0.25) is 9.59 Å². The molecule has 5 nitrogen and oxygen atoms in total. The number of anilines is 1. The van der Waals surface area contributed by atoms with E-state index in [0.717, 1.165) is 23.2 Å². The molecular weight excluding hydrogens is 268 g/mol. The fourth-order valence-electron chi connectivity index (χ4n) is 2.61. The fraction of sp³-hybridized carbons (Fsp3) is 0.500. The number of nitrogens with zero attached hydrogens (tertiary/aromatic N) is 1. The summed E-state index contributed by atoms with van der Waals surface area (Å²) in [5, 5.41) is 11.5. The number of aliphatic hydroxyl groups excluding tert-OH is 1. The highest BCUT2D eigenvalue weighted by Gasteiger charge is 2.29. The Morgan fingerprint density at radius 1 is 1.43 bits per heavy atom. The van der Waals surface area contributed by atoms with E-state index in [2.05, 4.69) is 5.32 Å². The Kier molecular flexibility index (Phi) is 4.96. The van der Waals surface area contributed by atoms with Crippen molar-refractivity contribution in [3.63, 3.8) is 0 Å². The van der Waals surface area contributed by atoms with Crippen molar-refractivity contribution in [1.29, 1.82) is 0 Å². The van der Waals surface area contributed by atoms with E-state index < -0.39 is 11.8 Å². The summed E-state index contributed by atoms with van der Waals surface area (Å²) in [6.07, 6.45) is 1.40. The summed E-state index contributed by atoms with van der Waals surface area (Å²) in [4.78, 5) is 25.8. The molecule has 1 aromatic rings. The van der Waals surface area contributed by atoms with Gasteiger partial charge in [0, 0.05) is 25.4 Å². The van der Waals surface area contributed by atoms with Crippen LogP contribution in [0, 0.1) is 12.8 Å². The van der Waals surface area contributed by atoms with Crippen LogP contribution in [0.5, 0.6) is 0 Å². The van der Waals surface area contributed by atoms with Crippen LogP contribution >= 0.6 is 0 Å². The Balaban J connectivity index is 1.99. The first-order chi connectivity index (χ1) is 10.0. The number of benzene rings is 1. The first-order valence-electron chi connectivity index (χ1n) is 7.33. The van der Waals surface area contributed by atoms with Gasteiger partial charge in [-0.2, -0.15) is 0 Å². The van der Waals surface area contributed by atoms with Crippen LogP contribution in [0.15, 0.2) is 18.2 Å². The number of hydrogen-bond acceptors (Lipinski definition) is 3. The molecule has 0 aromatic heterocycles. The highest BCUT2D eigenvalue weighted by atomic mass is 16.3. The molecule has 114 valence electrons. The predicted molar refractivity (Wildman–Crippen MR) is 81.1 cm³/mol. The SMILES string of the molecule is Cc1cccc2c1CCN2C(=O)C(=O)NCC(C)CCO. The van der Waals surface area contributed by atoms with Crippen LogP contribution < -0.4 is 10.2 Å². The van der Waals surface area contributed by atoms with Crippen molar-refractivity contribution < 1.29 is 14.7 Å². The van der Waals surface area contributed by atoms with E-state index in [1.165, 1.54) is 0 Å². The summed E-state index contributed by atoms with van der Waals surface area (Å²) in [6.45, 7) is 4.99. The van der Waals surface area contributed by atoms with Crippen LogP contribution in [0.25, 0.3) is 0 Å². The molecule has 0 saturated carbocycles. The molecule has 21 heavy (non-hydrogen) atoms. The van der Waals surface area contributed by atoms with E-state index in [-0.39, 0.29) is 12.5 Å². The van der Waals surface area contributed by atoms with Gasteiger partial charge in [0.1, 0.15) is 0 Å². The quantitative estimate of drug-likeness (QED) is 0.813. The fourth-order valence-corrected chi connectivity index (χ4v) is 2.61. The molecule has 2 rings (SSSR count). The van der Waals surface area contributed by atoms with Crippen LogP contribution in [0.4, 0.5) is 5.69 Å². The second-order valence-electron chi connectivity index (χ2n) is 5.61. The monoisotopic (exact) mass is 290 g/mol. The number of hydrogen-bond donors (Lipinski definition) is 2. The van der Waals surface area contributed by atoms with Crippen LogP contribution in [-0.4, -0.2) is 36.6 Å². The van der Waals surface area contributed by atoms with Crippen molar-refractivity contribution in [2.45, 2.75) is 26.7 Å². The van der Waals surface area contributed by atoms with Crippen molar-refractivity contribution in [2.24, 2.45) is 5.92 Å². The van der Waals surface area contributed by atoms with Crippen LogP contribution in [0.2, 0.25) is 0 Å². The predicted octanol–water partition coefficient (Wildman–Crippen LogP) is 1.02. The number of carbonyl (C=O) groups is 2. The molecular formula is C16H22N2O3. The lowest BCUT2D eigenvalue weighted by Crippen LogP contribution is -2.43. The highest BCUT2D eigenvalue weighted by molar-refractivity contribution is 6.40. The minimum Gasteiger partial charge on any atom is -0.396 e. The standard InChI is InChI=1S/C16H22N2O3/c1-11(7-9-19)10-17-15(20)16(21)18-8-6-13-12(2)4-3-5-14(13)18/h3-5,11,19H,6-10H2,1-2H3,(H,17,20). The maximum atomic E-state index is 12.3. The van der Waals surface area contributed by atoms with Crippen molar-refractivity contribution in [1.82, 2.24) is 5.32 Å². The van der Waals surface area contributed by atoms with Crippen molar-refractivity contribution >= 4 is 17.5 Å². The lowest BCUT2D eigenvalue weighted by atomic mass is 10.1. The lowest BCUT2D eigenvalue weighted by Gasteiger charge is -2.18. The molecule has 0 radical (unpaired) electrons. The van der Waals surface area contributed by atoms with Gasteiger partial charge in [0.2, 0.25) is 0 Å². The smallest absolute Gasteiger partial charge is 0.316 e. The Morgan fingerprint density at radius 3 is 2.90 bits per heavy atom. The van der Waals surface area contributed by atoms with E-state index in [1.807, 2.05) is 32.0 Å². The molecule has 0 aliphatic carbocycles. The zero-order valence-electron chi connectivity index (χ0n) is 12.6. The van der Waals surface area contributed by atoms with Crippen LogP contribution in [0.1, 0.15) is 24.5 Å². The second-order valence-corrected chi connectivity index (χ2v) is 5.61. The number of aryl methyl sites for hydroxylation is 1. The molecule has 1 aliphatic rings. The van der Waals surface area contributed by atoms with Gasteiger partial charge in [-0.05, 0) is 42.9 Å². The minimum atomic E-state index is -0.575. The van der Waals surface area contributed by atoms with Gasteiger partial charge in [0.15, 0.2) is 0 Å². The normalized spacial score (nSPS) is 14.7. The maximum absolute atomic E-state index is 12.3. The Hall–Kier alpha value is -1.88. The largest absolute Gasteiger partial charge is 0.396 e. The van der Waals surface area contributed by atoms with Crippen LogP contribution in [-0.2, 0) is 16.0 Å². The molecule has 1 heterocycles. The molecule has 2 N–H and O–H groups in total. The summed E-state index contributed by atoms with van der Waals surface area (Å²) in [5.41, 5.74) is 3.14. The summed E-state index contributed by atoms with van der Waals surface area (Å²) in [6, 6.07) is 5.80. The average molecular weight is 290 g/mol. The van der Waals surface area contributed by atoms with Crippen molar-refractivity contribution in [3.05, 3.63) is 29.3 Å². The maximum Gasteiger partial charge on any atom is 0.316 e. The third-order valence-corrected chi connectivity index (χ3v) is 3.93.